The first kappa shape index (κ1) is 13.4. The second-order valence-electron chi connectivity index (χ2n) is 4.36. The summed E-state index contributed by atoms with van der Waals surface area (Å²) >= 11 is 4.90. The van der Waals surface area contributed by atoms with Crippen LogP contribution in [0.2, 0.25) is 0 Å². The average molecular weight is 347 g/mol. The lowest BCUT2D eigenvalue weighted by atomic mass is 10.1. The number of carbonyl (C=O) groups is 1. The Hall–Kier alpha value is -1.59. The molecule has 5 heteroatoms. The molecule has 2 aromatic carbocycles. The number of hydrogen-bond donors (Lipinski definition) is 1. The molecule has 0 bridgehead atoms. The number of fused-ring (bicyclic) bond motifs is 1. The Morgan fingerprint density at radius 2 is 2.05 bits per heavy atom. The number of nitrogens with zero attached hydrogens (tertiary/aromatic N) is 1. The normalized spacial score (nSPS) is 10.9. The molecule has 0 unspecified atom stereocenters. The van der Waals surface area contributed by atoms with Gasteiger partial charge in [0.15, 0.2) is 10.9 Å². The van der Waals surface area contributed by atoms with E-state index in [-0.39, 0.29) is 5.78 Å². The largest absolute Gasteiger partial charge is 0.333 e. The third-order valence-corrected chi connectivity index (χ3v) is 4.33. The first-order valence-corrected chi connectivity index (χ1v) is 7.67. The minimum Gasteiger partial charge on any atom is -0.333 e. The van der Waals surface area contributed by atoms with Crippen molar-refractivity contribution in [3.8, 4) is 0 Å². The Balaban J connectivity index is 2.01. The number of ketones is 1. The van der Waals surface area contributed by atoms with E-state index in [9.17, 15) is 4.79 Å². The van der Waals surface area contributed by atoms with E-state index in [1.165, 1.54) is 11.8 Å². The number of H-pyrrole nitrogens is 1. The monoisotopic (exact) mass is 346 g/mol. The number of imidazole rings is 1. The van der Waals surface area contributed by atoms with Gasteiger partial charge in [-0.05, 0) is 37.3 Å². The molecule has 0 saturated carbocycles. The van der Waals surface area contributed by atoms with E-state index in [2.05, 4.69) is 25.9 Å². The zero-order valence-electron chi connectivity index (χ0n) is 10.7. The van der Waals surface area contributed by atoms with Gasteiger partial charge in [0.2, 0.25) is 0 Å². The van der Waals surface area contributed by atoms with Gasteiger partial charge in [-0.15, -0.1) is 0 Å². The molecule has 0 saturated heterocycles. The summed E-state index contributed by atoms with van der Waals surface area (Å²) in [6, 6.07) is 13.5. The predicted octanol–water partition coefficient (Wildman–Crippen LogP) is 4.68. The van der Waals surface area contributed by atoms with Gasteiger partial charge in [-0.2, -0.15) is 0 Å². The number of aromatic nitrogens is 2. The average Bonchev–Trinajstić information content (AvgIpc) is 2.80. The zero-order chi connectivity index (χ0) is 14.1. The summed E-state index contributed by atoms with van der Waals surface area (Å²) in [5, 5.41) is 0.784. The van der Waals surface area contributed by atoms with Crippen LogP contribution in [0.4, 0.5) is 0 Å². The quantitative estimate of drug-likeness (QED) is 0.700. The maximum atomic E-state index is 11.7. The van der Waals surface area contributed by atoms with E-state index in [0.717, 1.165) is 25.6 Å². The number of rotatable bonds is 3. The van der Waals surface area contributed by atoms with Crippen LogP contribution in [0.1, 0.15) is 17.3 Å². The van der Waals surface area contributed by atoms with Crippen molar-refractivity contribution >= 4 is 44.5 Å². The van der Waals surface area contributed by atoms with Crippen molar-refractivity contribution < 1.29 is 4.79 Å². The van der Waals surface area contributed by atoms with Gasteiger partial charge in [-0.1, -0.05) is 39.8 Å². The minimum absolute atomic E-state index is 0.0520. The Morgan fingerprint density at radius 3 is 2.80 bits per heavy atom. The lowest BCUT2D eigenvalue weighted by Crippen LogP contribution is -1.95. The maximum Gasteiger partial charge on any atom is 0.171 e. The topological polar surface area (TPSA) is 45.8 Å². The fourth-order valence-corrected chi connectivity index (χ4v) is 3.49. The van der Waals surface area contributed by atoms with Gasteiger partial charge in [-0.3, -0.25) is 4.79 Å². The lowest BCUT2D eigenvalue weighted by Gasteiger charge is -2.05. The summed E-state index contributed by atoms with van der Waals surface area (Å²) in [5.41, 5.74) is 2.63. The second-order valence-corrected chi connectivity index (χ2v) is 6.30. The molecule has 3 nitrogen and oxygen atoms in total. The Kier molecular flexibility index (Phi) is 3.63. The van der Waals surface area contributed by atoms with Crippen LogP contribution >= 0.6 is 27.7 Å². The van der Waals surface area contributed by atoms with Gasteiger partial charge < -0.3 is 4.98 Å². The van der Waals surface area contributed by atoms with Crippen LogP contribution in [0.3, 0.4) is 0 Å². The molecule has 0 aliphatic rings. The first-order valence-electron chi connectivity index (χ1n) is 6.06. The van der Waals surface area contributed by atoms with Crippen LogP contribution in [0.15, 0.2) is 57.0 Å². The van der Waals surface area contributed by atoms with Crippen LogP contribution in [0, 0.1) is 0 Å². The van der Waals surface area contributed by atoms with Gasteiger partial charge in [0.25, 0.3) is 0 Å². The van der Waals surface area contributed by atoms with Gasteiger partial charge in [0.05, 0.1) is 11.0 Å². The van der Waals surface area contributed by atoms with E-state index < -0.39 is 0 Å². The fourth-order valence-electron chi connectivity index (χ4n) is 1.95. The summed E-state index contributed by atoms with van der Waals surface area (Å²) < 4.78 is 0.945. The van der Waals surface area contributed by atoms with Crippen molar-refractivity contribution in [2.75, 3.05) is 0 Å². The van der Waals surface area contributed by atoms with Crippen molar-refractivity contribution in [3.05, 3.63) is 52.5 Å². The van der Waals surface area contributed by atoms with Crippen LogP contribution in [0.25, 0.3) is 11.0 Å². The predicted molar refractivity (Wildman–Crippen MR) is 84.4 cm³/mol. The Bertz CT molecular complexity index is 764. The number of benzene rings is 2. The molecule has 0 aliphatic heterocycles. The number of nitrogens with one attached hydrogen (secondary N) is 1. The first-order chi connectivity index (χ1) is 9.63. The summed E-state index contributed by atoms with van der Waals surface area (Å²) in [7, 11) is 0. The molecule has 3 aromatic rings. The maximum absolute atomic E-state index is 11.7. The molecule has 0 spiro atoms. The third-order valence-electron chi connectivity index (χ3n) is 2.90. The molecule has 0 amide bonds. The summed E-state index contributed by atoms with van der Waals surface area (Å²) in [6.45, 7) is 1.58. The number of para-hydroxylation sites is 2. The highest BCUT2D eigenvalue weighted by Gasteiger charge is 2.11. The van der Waals surface area contributed by atoms with Gasteiger partial charge in [0, 0.05) is 14.9 Å². The van der Waals surface area contributed by atoms with Gasteiger partial charge in [0.1, 0.15) is 0 Å². The summed E-state index contributed by atoms with van der Waals surface area (Å²) in [4.78, 5) is 20.3. The van der Waals surface area contributed by atoms with Crippen molar-refractivity contribution in [1.29, 1.82) is 0 Å². The minimum atomic E-state index is 0.0520. The molecule has 1 aromatic heterocycles. The number of Topliss-reactive ketones (excluding diaryl/α,β-unsaturated/α-hetero) is 1. The van der Waals surface area contributed by atoms with E-state index in [4.69, 9.17) is 0 Å². The van der Waals surface area contributed by atoms with Gasteiger partial charge >= 0.3 is 0 Å². The van der Waals surface area contributed by atoms with Crippen LogP contribution in [-0.4, -0.2) is 15.8 Å². The molecule has 3 rings (SSSR count). The number of halogens is 1. The van der Waals surface area contributed by atoms with E-state index >= 15 is 0 Å². The number of aromatic amines is 1. The standard InChI is InChI=1S/C15H11BrN2OS/c1-9(19)11-7-6-10(16)8-14(11)20-15-17-12-4-2-3-5-13(12)18-15/h2-8H,1H3,(H,17,18). The molecule has 100 valence electrons. The molecular formula is C15H11BrN2OS. The van der Waals surface area contributed by atoms with Crippen molar-refractivity contribution in [2.24, 2.45) is 0 Å². The summed E-state index contributed by atoms with van der Waals surface area (Å²) in [5.74, 6) is 0.0520. The van der Waals surface area contributed by atoms with Crippen molar-refractivity contribution in [1.82, 2.24) is 9.97 Å². The molecule has 20 heavy (non-hydrogen) atoms. The van der Waals surface area contributed by atoms with Crippen LogP contribution in [-0.2, 0) is 0 Å². The van der Waals surface area contributed by atoms with Crippen molar-refractivity contribution in [2.45, 2.75) is 17.0 Å². The van der Waals surface area contributed by atoms with Crippen LogP contribution in [0.5, 0.6) is 0 Å². The molecular weight excluding hydrogens is 336 g/mol. The highest BCUT2D eigenvalue weighted by atomic mass is 79.9. The highest BCUT2D eigenvalue weighted by molar-refractivity contribution is 9.10. The molecule has 0 aliphatic carbocycles. The fraction of sp³-hybridized carbons (Fsp3) is 0.0667. The van der Waals surface area contributed by atoms with E-state index in [1.54, 1.807) is 6.92 Å². The Labute approximate surface area is 128 Å². The molecule has 0 fully saturated rings. The number of carbonyl (C=O) groups excluding carboxylic acids is 1. The van der Waals surface area contributed by atoms with Gasteiger partial charge in [-0.25, -0.2) is 4.98 Å². The highest BCUT2D eigenvalue weighted by Crippen LogP contribution is 2.32. The SMILES string of the molecule is CC(=O)c1ccc(Br)cc1Sc1nc2ccccc2[nH]1. The molecule has 1 heterocycles. The Morgan fingerprint density at radius 1 is 1.25 bits per heavy atom. The summed E-state index contributed by atoms with van der Waals surface area (Å²) in [6.07, 6.45) is 0. The van der Waals surface area contributed by atoms with Crippen LogP contribution < -0.4 is 0 Å². The van der Waals surface area contributed by atoms with E-state index in [0.29, 0.717) is 5.56 Å². The third kappa shape index (κ3) is 2.64. The van der Waals surface area contributed by atoms with Crippen molar-refractivity contribution in [3.63, 3.8) is 0 Å². The lowest BCUT2D eigenvalue weighted by molar-refractivity contribution is 0.101. The van der Waals surface area contributed by atoms with E-state index in [1.807, 2.05) is 42.5 Å². The number of hydrogen-bond acceptors (Lipinski definition) is 3. The molecule has 0 atom stereocenters. The smallest absolute Gasteiger partial charge is 0.171 e. The second kappa shape index (κ2) is 5.42. The zero-order valence-corrected chi connectivity index (χ0v) is 13.1. The molecule has 0 radical (unpaired) electrons. The molecule has 1 N–H and O–H groups in total.